The average Bonchev–Trinajstić information content (AvgIpc) is 3.01. The molecule has 21 heavy (non-hydrogen) atoms. The number of aryl methyl sites for hydroxylation is 1. The number of aromatic nitrogens is 4. The third-order valence-corrected chi connectivity index (χ3v) is 3.69. The predicted molar refractivity (Wildman–Crippen MR) is 72.2 cm³/mol. The molecule has 9 heteroatoms. The standard InChI is InChI=1S/C12H10F3N5S/c1-7-17-5-8(21-7)6-18-11-9-4-10(12(13,14)15)19-20(9)3-2-16-11/h2-5H,6H2,1H3,(H,16,18). The smallest absolute Gasteiger partial charge is 0.363 e. The minimum atomic E-state index is -4.47. The number of nitrogens with one attached hydrogen (secondary N) is 1. The molecule has 0 saturated heterocycles. The maximum atomic E-state index is 12.7. The molecule has 3 aromatic heterocycles. The number of hydrogen-bond acceptors (Lipinski definition) is 5. The van der Waals surface area contributed by atoms with Crippen LogP contribution in [0, 0.1) is 6.92 Å². The van der Waals surface area contributed by atoms with Gasteiger partial charge < -0.3 is 5.32 Å². The van der Waals surface area contributed by atoms with Crippen molar-refractivity contribution >= 4 is 22.7 Å². The van der Waals surface area contributed by atoms with Crippen LogP contribution >= 0.6 is 11.3 Å². The lowest BCUT2D eigenvalue weighted by atomic mass is 10.3. The van der Waals surface area contributed by atoms with E-state index in [-0.39, 0.29) is 5.52 Å². The Balaban J connectivity index is 1.89. The van der Waals surface area contributed by atoms with Gasteiger partial charge in [-0.25, -0.2) is 14.5 Å². The van der Waals surface area contributed by atoms with Gasteiger partial charge in [0.15, 0.2) is 11.5 Å². The van der Waals surface area contributed by atoms with Gasteiger partial charge in [-0.15, -0.1) is 11.3 Å². The number of halogens is 3. The van der Waals surface area contributed by atoms with Crippen molar-refractivity contribution < 1.29 is 13.2 Å². The summed E-state index contributed by atoms with van der Waals surface area (Å²) in [5, 5.41) is 7.45. The van der Waals surface area contributed by atoms with E-state index < -0.39 is 11.9 Å². The second kappa shape index (κ2) is 4.99. The topological polar surface area (TPSA) is 55.1 Å². The van der Waals surface area contributed by atoms with E-state index in [1.54, 1.807) is 6.20 Å². The van der Waals surface area contributed by atoms with Gasteiger partial charge in [0.05, 0.1) is 11.6 Å². The highest BCUT2D eigenvalue weighted by Crippen LogP contribution is 2.30. The molecule has 110 valence electrons. The van der Waals surface area contributed by atoms with Gasteiger partial charge in [0.25, 0.3) is 0 Å². The molecule has 5 nitrogen and oxygen atoms in total. The number of fused-ring (bicyclic) bond motifs is 1. The van der Waals surface area contributed by atoms with Crippen molar-refractivity contribution in [3.63, 3.8) is 0 Å². The number of rotatable bonds is 3. The molecule has 0 spiro atoms. The van der Waals surface area contributed by atoms with Gasteiger partial charge in [-0.05, 0) is 6.92 Å². The monoisotopic (exact) mass is 313 g/mol. The molecule has 0 atom stereocenters. The SMILES string of the molecule is Cc1ncc(CNc2nccn3nc(C(F)(F)F)cc23)s1. The molecule has 0 fully saturated rings. The molecule has 3 rings (SSSR count). The van der Waals surface area contributed by atoms with Gasteiger partial charge in [-0.3, -0.25) is 0 Å². The molecule has 0 aliphatic rings. The molecular weight excluding hydrogens is 303 g/mol. The first-order valence-corrected chi connectivity index (χ1v) is 6.82. The molecule has 3 aromatic rings. The van der Waals surface area contributed by atoms with Crippen LogP contribution in [0.25, 0.3) is 5.52 Å². The summed E-state index contributed by atoms with van der Waals surface area (Å²) in [5.74, 6) is 0.353. The normalized spacial score (nSPS) is 12.0. The van der Waals surface area contributed by atoms with E-state index in [1.807, 2.05) is 6.92 Å². The molecular formula is C12H10F3N5S. The Morgan fingerprint density at radius 3 is 2.81 bits per heavy atom. The third-order valence-electron chi connectivity index (χ3n) is 2.78. The molecule has 1 N–H and O–H groups in total. The molecule has 0 radical (unpaired) electrons. The Bertz CT molecular complexity index is 777. The van der Waals surface area contributed by atoms with Crippen molar-refractivity contribution in [2.75, 3.05) is 5.32 Å². The molecule has 3 heterocycles. The van der Waals surface area contributed by atoms with Crippen LogP contribution in [-0.2, 0) is 12.7 Å². The maximum Gasteiger partial charge on any atom is 0.435 e. The molecule has 0 unspecified atom stereocenters. The van der Waals surface area contributed by atoms with E-state index in [9.17, 15) is 13.2 Å². The highest BCUT2D eigenvalue weighted by Gasteiger charge is 2.34. The Morgan fingerprint density at radius 2 is 2.14 bits per heavy atom. The highest BCUT2D eigenvalue weighted by molar-refractivity contribution is 7.11. The minimum Gasteiger partial charge on any atom is -0.363 e. The first-order valence-electron chi connectivity index (χ1n) is 6.00. The Labute approximate surface area is 121 Å². The fourth-order valence-electron chi connectivity index (χ4n) is 1.85. The van der Waals surface area contributed by atoms with Crippen molar-refractivity contribution in [2.24, 2.45) is 0 Å². The lowest BCUT2D eigenvalue weighted by molar-refractivity contribution is -0.141. The van der Waals surface area contributed by atoms with Crippen LogP contribution in [0.1, 0.15) is 15.6 Å². The number of nitrogens with zero attached hydrogens (tertiary/aromatic N) is 4. The second-order valence-electron chi connectivity index (χ2n) is 4.33. The summed E-state index contributed by atoms with van der Waals surface area (Å²) >= 11 is 1.52. The first kappa shape index (κ1) is 13.8. The summed E-state index contributed by atoms with van der Waals surface area (Å²) in [6.45, 7) is 2.34. The third kappa shape index (κ3) is 2.82. The van der Waals surface area contributed by atoms with Crippen LogP contribution in [0.5, 0.6) is 0 Å². The van der Waals surface area contributed by atoms with Gasteiger partial charge in [-0.1, -0.05) is 0 Å². The van der Waals surface area contributed by atoms with E-state index in [1.165, 1.54) is 23.7 Å². The van der Waals surface area contributed by atoms with Crippen LogP contribution in [0.2, 0.25) is 0 Å². The van der Waals surface area contributed by atoms with Crippen LogP contribution in [-0.4, -0.2) is 19.6 Å². The summed E-state index contributed by atoms with van der Waals surface area (Å²) in [7, 11) is 0. The minimum absolute atomic E-state index is 0.283. The lowest BCUT2D eigenvalue weighted by Crippen LogP contribution is -2.05. The van der Waals surface area contributed by atoms with Crippen LogP contribution in [0.3, 0.4) is 0 Å². The van der Waals surface area contributed by atoms with Crippen LogP contribution < -0.4 is 5.32 Å². The van der Waals surface area contributed by atoms with Crippen LogP contribution in [0.15, 0.2) is 24.7 Å². The van der Waals surface area contributed by atoms with E-state index >= 15 is 0 Å². The fourth-order valence-corrected chi connectivity index (χ4v) is 2.59. The lowest BCUT2D eigenvalue weighted by Gasteiger charge is -2.04. The van der Waals surface area contributed by atoms with Gasteiger partial charge >= 0.3 is 6.18 Å². The number of thiazole rings is 1. The van der Waals surface area contributed by atoms with Gasteiger partial charge in [-0.2, -0.15) is 18.3 Å². The predicted octanol–water partition coefficient (Wildman–Crippen LogP) is 3.13. The van der Waals surface area contributed by atoms with E-state index in [0.29, 0.717) is 12.4 Å². The van der Waals surface area contributed by atoms with Crippen molar-refractivity contribution in [1.29, 1.82) is 0 Å². The zero-order valence-corrected chi connectivity index (χ0v) is 11.7. The summed E-state index contributed by atoms with van der Waals surface area (Å²) < 4.78 is 39.2. The first-order chi connectivity index (χ1) is 9.93. The van der Waals surface area contributed by atoms with Crippen molar-refractivity contribution in [2.45, 2.75) is 19.6 Å². The molecule has 0 saturated carbocycles. The molecule has 0 bridgehead atoms. The van der Waals surface area contributed by atoms with E-state index in [4.69, 9.17) is 0 Å². The van der Waals surface area contributed by atoms with Crippen molar-refractivity contribution in [1.82, 2.24) is 19.6 Å². The number of alkyl halides is 3. The fraction of sp³-hybridized carbons (Fsp3) is 0.250. The molecule has 0 aliphatic heterocycles. The average molecular weight is 313 g/mol. The maximum absolute atomic E-state index is 12.7. The molecule has 0 amide bonds. The molecule has 0 aromatic carbocycles. The van der Waals surface area contributed by atoms with Gasteiger partial charge in [0, 0.05) is 29.5 Å². The Morgan fingerprint density at radius 1 is 1.33 bits per heavy atom. The Hall–Kier alpha value is -2.16. The summed E-state index contributed by atoms with van der Waals surface area (Å²) in [6.07, 6.45) is 0.0374. The van der Waals surface area contributed by atoms with Crippen molar-refractivity contribution in [3.05, 3.63) is 40.2 Å². The van der Waals surface area contributed by atoms with Gasteiger partial charge in [0.2, 0.25) is 0 Å². The summed E-state index contributed by atoms with van der Waals surface area (Å²) in [5.41, 5.74) is -0.654. The Kier molecular flexibility index (Phi) is 3.28. The quantitative estimate of drug-likeness (QED) is 0.807. The van der Waals surface area contributed by atoms with E-state index in [0.717, 1.165) is 20.5 Å². The van der Waals surface area contributed by atoms with Gasteiger partial charge in [0.1, 0.15) is 5.52 Å². The summed E-state index contributed by atoms with van der Waals surface area (Å²) in [4.78, 5) is 9.17. The number of anilines is 1. The van der Waals surface area contributed by atoms with E-state index in [2.05, 4.69) is 20.4 Å². The second-order valence-corrected chi connectivity index (χ2v) is 5.65. The van der Waals surface area contributed by atoms with Crippen molar-refractivity contribution in [3.8, 4) is 0 Å². The zero-order chi connectivity index (χ0) is 15.0. The number of hydrogen-bond donors (Lipinski definition) is 1. The van der Waals surface area contributed by atoms with Crippen LogP contribution in [0.4, 0.5) is 19.0 Å². The summed E-state index contributed by atoms with van der Waals surface area (Å²) in [6, 6.07) is 0.979. The zero-order valence-electron chi connectivity index (χ0n) is 10.8. The molecule has 0 aliphatic carbocycles. The highest BCUT2D eigenvalue weighted by atomic mass is 32.1. The largest absolute Gasteiger partial charge is 0.435 e.